The number of carbonyl (C=O) groups excluding carboxylic acids is 1. The largest absolute Gasteiger partial charge is 0.300 e. The molecule has 16 heavy (non-hydrogen) atoms. The average molecular weight is 305 g/mol. The molecular formula is C12H15BrClNO. The zero-order valence-corrected chi connectivity index (χ0v) is 11.8. The van der Waals surface area contributed by atoms with Crippen molar-refractivity contribution in [2.24, 2.45) is 0 Å². The van der Waals surface area contributed by atoms with Gasteiger partial charge in [-0.05, 0) is 42.4 Å². The van der Waals surface area contributed by atoms with E-state index in [2.05, 4.69) is 34.7 Å². The van der Waals surface area contributed by atoms with E-state index in [-0.39, 0.29) is 0 Å². The summed E-state index contributed by atoms with van der Waals surface area (Å²) in [5.41, 5.74) is 1.70. The SMILES string of the molecule is CCN(CC)Cc1ccc(C(=O)Cl)cc1Br. The van der Waals surface area contributed by atoms with Gasteiger partial charge in [0.05, 0.1) is 0 Å². The number of hydrogen-bond donors (Lipinski definition) is 0. The molecule has 0 heterocycles. The van der Waals surface area contributed by atoms with Crippen molar-refractivity contribution >= 4 is 32.8 Å². The molecule has 88 valence electrons. The maximum absolute atomic E-state index is 11.0. The van der Waals surface area contributed by atoms with Crippen LogP contribution in [0, 0.1) is 0 Å². The Kier molecular flexibility index (Phi) is 5.46. The molecule has 0 aliphatic carbocycles. The Labute approximate surface area is 110 Å². The van der Waals surface area contributed by atoms with Crippen molar-refractivity contribution in [1.29, 1.82) is 0 Å². The lowest BCUT2D eigenvalue weighted by molar-refractivity contribution is 0.108. The molecule has 1 rings (SSSR count). The summed E-state index contributed by atoms with van der Waals surface area (Å²) < 4.78 is 0.936. The molecule has 1 aromatic carbocycles. The molecule has 4 heteroatoms. The van der Waals surface area contributed by atoms with Crippen molar-refractivity contribution in [3.05, 3.63) is 33.8 Å². The van der Waals surface area contributed by atoms with Gasteiger partial charge in [-0.25, -0.2) is 0 Å². The number of rotatable bonds is 5. The van der Waals surface area contributed by atoms with Gasteiger partial charge in [0.15, 0.2) is 0 Å². The standard InChI is InChI=1S/C12H15BrClNO/c1-3-15(4-2)8-10-6-5-9(12(14)16)7-11(10)13/h5-7H,3-4,8H2,1-2H3. The summed E-state index contributed by atoms with van der Waals surface area (Å²) in [6.45, 7) is 7.17. The van der Waals surface area contributed by atoms with E-state index in [0.717, 1.165) is 24.1 Å². The molecule has 0 N–H and O–H groups in total. The summed E-state index contributed by atoms with van der Waals surface area (Å²) in [4.78, 5) is 13.3. The monoisotopic (exact) mass is 303 g/mol. The second-order valence-electron chi connectivity index (χ2n) is 3.54. The summed E-state index contributed by atoms with van der Waals surface area (Å²) in [7, 11) is 0. The van der Waals surface area contributed by atoms with Crippen LogP contribution in [0.3, 0.4) is 0 Å². The highest BCUT2D eigenvalue weighted by atomic mass is 79.9. The van der Waals surface area contributed by atoms with E-state index in [0.29, 0.717) is 5.56 Å². The maximum Gasteiger partial charge on any atom is 0.252 e. The minimum Gasteiger partial charge on any atom is -0.300 e. The van der Waals surface area contributed by atoms with E-state index < -0.39 is 5.24 Å². The quantitative estimate of drug-likeness (QED) is 0.774. The van der Waals surface area contributed by atoms with E-state index in [1.807, 2.05) is 6.07 Å². The van der Waals surface area contributed by atoms with Crippen molar-refractivity contribution in [2.75, 3.05) is 13.1 Å². The van der Waals surface area contributed by atoms with Gasteiger partial charge in [0.25, 0.3) is 5.24 Å². The minimum absolute atomic E-state index is 0.421. The molecule has 0 spiro atoms. The fourth-order valence-electron chi connectivity index (χ4n) is 1.49. The predicted octanol–water partition coefficient (Wildman–Crippen LogP) is 3.67. The Bertz CT molecular complexity index is 377. The van der Waals surface area contributed by atoms with Gasteiger partial charge >= 0.3 is 0 Å². The van der Waals surface area contributed by atoms with Gasteiger partial charge in [-0.2, -0.15) is 0 Å². The van der Waals surface area contributed by atoms with E-state index in [9.17, 15) is 4.79 Å². The summed E-state index contributed by atoms with van der Waals surface area (Å²) in [6.07, 6.45) is 0. The van der Waals surface area contributed by atoms with Crippen LogP contribution >= 0.6 is 27.5 Å². The van der Waals surface area contributed by atoms with Gasteiger partial charge in [0.1, 0.15) is 0 Å². The van der Waals surface area contributed by atoms with Crippen molar-refractivity contribution in [3.63, 3.8) is 0 Å². The lowest BCUT2D eigenvalue weighted by Crippen LogP contribution is -2.22. The molecule has 0 aromatic heterocycles. The molecule has 0 unspecified atom stereocenters. The van der Waals surface area contributed by atoms with Crippen LogP contribution in [0.5, 0.6) is 0 Å². The highest BCUT2D eigenvalue weighted by molar-refractivity contribution is 9.10. The summed E-state index contributed by atoms with van der Waals surface area (Å²) in [6, 6.07) is 5.48. The molecule has 0 fully saturated rings. The van der Waals surface area contributed by atoms with Gasteiger partial charge < -0.3 is 0 Å². The smallest absolute Gasteiger partial charge is 0.252 e. The molecule has 2 nitrogen and oxygen atoms in total. The van der Waals surface area contributed by atoms with Gasteiger partial charge in [-0.15, -0.1) is 0 Å². The molecule has 0 saturated heterocycles. The molecule has 0 atom stereocenters. The molecule has 0 amide bonds. The zero-order chi connectivity index (χ0) is 12.1. The third-order valence-corrected chi connectivity index (χ3v) is 3.52. The van der Waals surface area contributed by atoms with Crippen LogP contribution in [-0.4, -0.2) is 23.2 Å². The van der Waals surface area contributed by atoms with Crippen LogP contribution in [0.15, 0.2) is 22.7 Å². The minimum atomic E-state index is -0.421. The number of hydrogen-bond acceptors (Lipinski definition) is 2. The number of carbonyl (C=O) groups is 1. The van der Waals surface area contributed by atoms with Gasteiger partial charge in [-0.1, -0.05) is 35.8 Å². The van der Waals surface area contributed by atoms with Crippen molar-refractivity contribution in [3.8, 4) is 0 Å². The molecular weight excluding hydrogens is 289 g/mol. The fraction of sp³-hybridized carbons (Fsp3) is 0.417. The zero-order valence-electron chi connectivity index (χ0n) is 9.46. The van der Waals surface area contributed by atoms with Crippen LogP contribution in [0.2, 0.25) is 0 Å². The second kappa shape index (κ2) is 6.38. The van der Waals surface area contributed by atoms with Crippen LogP contribution in [0.1, 0.15) is 29.8 Å². The molecule has 1 aromatic rings. The Morgan fingerprint density at radius 1 is 1.38 bits per heavy atom. The lowest BCUT2D eigenvalue weighted by Gasteiger charge is -2.18. The number of benzene rings is 1. The highest BCUT2D eigenvalue weighted by Gasteiger charge is 2.08. The number of nitrogens with zero attached hydrogens (tertiary/aromatic N) is 1. The maximum atomic E-state index is 11.0. The van der Waals surface area contributed by atoms with Crippen LogP contribution in [-0.2, 0) is 6.54 Å². The van der Waals surface area contributed by atoms with E-state index in [1.54, 1.807) is 12.1 Å². The highest BCUT2D eigenvalue weighted by Crippen LogP contribution is 2.21. The van der Waals surface area contributed by atoms with Gasteiger partial charge in [0.2, 0.25) is 0 Å². The van der Waals surface area contributed by atoms with Gasteiger partial charge in [0, 0.05) is 16.6 Å². The normalized spacial score (nSPS) is 10.8. The Hall–Kier alpha value is -0.380. The van der Waals surface area contributed by atoms with Crippen molar-refractivity contribution < 1.29 is 4.79 Å². The van der Waals surface area contributed by atoms with Gasteiger partial charge in [-0.3, -0.25) is 9.69 Å². The van der Waals surface area contributed by atoms with Crippen molar-refractivity contribution in [1.82, 2.24) is 4.90 Å². The molecule has 0 aliphatic rings. The Morgan fingerprint density at radius 3 is 2.44 bits per heavy atom. The van der Waals surface area contributed by atoms with Crippen LogP contribution in [0.25, 0.3) is 0 Å². The summed E-state index contributed by atoms with van der Waals surface area (Å²) >= 11 is 8.88. The third kappa shape index (κ3) is 3.58. The fourth-order valence-corrected chi connectivity index (χ4v) is 2.11. The molecule has 0 radical (unpaired) electrons. The van der Waals surface area contributed by atoms with E-state index in [1.165, 1.54) is 5.56 Å². The van der Waals surface area contributed by atoms with E-state index in [4.69, 9.17) is 11.6 Å². The topological polar surface area (TPSA) is 20.3 Å². The lowest BCUT2D eigenvalue weighted by atomic mass is 10.1. The average Bonchev–Trinajstić information content (AvgIpc) is 2.27. The molecule has 0 aliphatic heterocycles. The van der Waals surface area contributed by atoms with Crippen LogP contribution in [0.4, 0.5) is 0 Å². The third-order valence-electron chi connectivity index (χ3n) is 2.57. The predicted molar refractivity (Wildman–Crippen MR) is 71.0 cm³/mol. The first-order chi connectivity index (χ1) is 7.58. The molecule has 0 bridgehead atoms. The number of halogens is 2. The first-order valence-corrected chi connectivity index (χ1v) is 6.46. The first-order valence-electron chi connectivity index (χ1n) is 5.29. The Morgan fingerprint density at radius 2 is 2.00 bits per heavy atom. The van der Waals surface area contributed by atoms with E-state index >= 15 is 0 Å². The van der Waals surface area contributed by atoms with Crippen LogP contribution < -0.4 is 0 Å². The summed E-state index contributed by atoms with van der Waals surface area (Å²) in [5.74, 6) is 0. The molecule has 0 saturated carbocycles. The van der Waals surface area contributed by atoms with Crippen molar-refractivity contribution in [2.45, 2.75) is 20.4 Å². The first kappa shape index (κ1) is 13.7. The summed E-state index contributed by atoms with van der Waals surface area (Å²) in [5, 5.41) is -0.421. The Balaban J connectivity index is 2.86. The second-order valence-corrected chi connectivity index (χ2v) is 4.74.